The van der Waals surface area contributed by atoms with Gasteiger partial charge in [0.2, 0.25) is 5.91 Å². The fourth-order valence-corrected chi connectivity index (χ4v) is 7.10. The number of ether oxygens (including phenoxy) is 2. The Kier molecular flexibility index (Phi) is 7.65. The fraction of sp³-hybridized carbons (Fsp3) is 0.464. The number of benzene rings is 2. The van der Waals surface area contributed by atoms with Gasteiger partial charge < -0.3 is 19.3 Å². The Morgan fingerprint density at radius 3 is 2.69 bits per heavy atom. The summed E-state index contributed by atoms with van der Waals surface area (Å²) < 4.78 is 13.4. The minimum Gasteiger partial charge on any atom is -0.493 e. The summed E-state index contributed by atoms with van der Waals surface area (Å²) in [6.45, 7) is 4.94. The van der Waals surface area contributed by atoms with E-state index in [-0.39, 0.29) is 5.91 Å². The molecule has 1 fully saturated rings. The number of rotatable bonds is 7. The normalized spacial score (nSPS) is 19.0. The highest BCUT2D eigenvalue weighted by Crippen LogP contribution is 2.33. The fourth-order valence-electron chi connectivity index (χ4n) is 5.55. The van der Waals surface area contributed by atoms with Gasteiger partial charge in [-0.3, -0.25) is 4.79 Å². The standard InChI is InChI=1S/C28H33BrN2O3S/c1-33-25-12-20-8-11-31(28(32)14-22(20)13-26(25)34-2)17-19-4-3-9-30(16-19)10-7-21-18-35-27-15-23(29)5-6-24(21)27/h5-6,12-13,15,18-19H,3-4,7-11,14,16-17H2,1-2H3. The molecule has 5 rings (SSSR count). The number of amides is 1. The van der Waals surface area contributed by atoms with Gasteiger partial charge in [-0.05, 0) is 89.9 Å². The van der Waals surface area contributed by atoms with E-state index in [1.54, 1.807) is 14.2 Å². The number of hydrogen-bond donors (Lipinski definition) is 0. The van der Waals surface area contributed by atoms with Gasteiger partial charge in [0.25, 0.3) is 0 Å². The Morgan fingerprint density at radius 2 is 1.89 bits per heavy atom. The molecule has 3 aromatic rings. The molecular formula is C28H33BrN2O3S. The topological polar surface area (TPSA) is 42.0 Å². The van der Waals surface area contributed by atoms with Crippen LogP contribution in [0.4, 0.5) is 0 Å². The number of carbonyl (C=O) groups is 1. The largest absolute Gasteiger partial charge is 0.493 e. The maximum atomic E-state index is 13.2. The second-order valence-electron chi connectivity index (χ2n) is 9.70. The molecule has 186 valence electrons. The zero-order valence-corrected chi connectivity index (χ0v) is 22.9. The van der Waals surface area contributed by atoms with Crippen molar-refractivity contribution in [2.45, 2.75) is 32.1 Å². The van der Waals surface area contributed by atoms with Gasteiger partial charge in [-0.1, -0.05) is 22.0 Å². The lowest BCUT2D eigenvalue weighted by molar-refractivity contribution is -0.131. The van der Waals surface area contributed by atoms with Crippen molar-refractivity contribution in [1.29, 1.82) is 0 Å². The number of methoxy groups -OCH3 is 2. The molecule has 1 saturated heterocycles. The molecular weight excluding hydrogens is 524 g/mol. The third-order valence-corrected chi connectivity index (χ3v) is 8.94. The van der Waals surface area contributed by atoms with E-state index in [4.69, 9.17) is 9.47 Å². The molecule has 1 amide bonds. The summed E-state index contributed by atoms with van der Waals surface area (Å²) in [5.41, 5.74) is 3.71. The number of hydrogen-bond acceptors (Lipinski definition) is 5. The van der Waals surface area contributed by atoms with Crippen LogP contribution in [0.25, 0.3) is 10.1 Å². The lowest BCUT2D eigenvalue weighted by atomic mass is 9.96. The maximum Gasteiger partial charge on any atom is 0.227 e. The van der Waals surface area contributed by atoms with Crippen LogP contribution in [-0.2, 0) is 24.1 Å². The smallest absolute Gasteiger partial charge is 0.227 e. The number of likely N-dealkylation sites (tertiary alicyclic amines) is 1. The van der Waals surface area contributed by atoms with Crippen LogP contribution in [-0.4, -0.2) is 62.7 Å². The Bertz CT molecular complexity index is 1210. The predicted molar refractivity (Wildman–Crippen MR) is 146 cm³/mol. The number of carbonyl (C=O) groups excluding carboxylic acids is 1. The van der Waals surface area contributed by atoms with Crippen LogP contribution in [0.1, 0.15) is 29.5 Å². The Hall–Kier alpha value is -2.09. The molecule has 3 heterocycles. The number of fused-ring (bicyclic) bond motifs is 2. The van der Waals surface area contributed by atoms with Gasteiger partial charge in [-0.2, -0.15) is 0 Å². The van der Waals surface area contributed by atoms with Crippen molar-refractivity contribution in [3.63, 3.8) is 0 Å². The van der Waals surface area contributed by atoms with Crippen LogP contribution in [0.15, 0.2) is 40.2 Å². The third-order valence-electron chi connectivity index (χ3n) is 7.45. The van der Waals surface area contributed by atoms with Gasteiger partial charge in [0, 0.05) is 35.4 Å². The van der Waals surface area contributed by atoms with Crippen molar-refractivity contribution in [2.75, 3.05) is 46.9 Å². The van der Waals surface area contributed by atoms with Crippen molar-refractivity contribution in [3.05, 3.63) is 56.9 Å². The van der Waals surface area contributed by atoms with Gasteiger partial charge in [-0.25, -0.2) is 0 Å². The number of piperidine rings is 1. The van der Waals surface area contributed by atoms with Gasteiger partial charge in [0.1, 0.15) is 0 Å². The number of halogens is 1. The molecule has 0 radical (unpaired) electrons. The minimum atomic E-state index is 0.226. The molecule has 1 atom stereocenters. The first kappa shape index (κ1) is 24.6. The van der Waals surface area contributed by atoms with E-state index < -0.39 is 0 Å². The molecule has 0 bridgehead atoms. The van der Waals surface area contributed by atoms with Crippen molar-refractivity contribution < 1.29 is 14.3 Å². The summed E-state index contributed by atoms with van der Waals surface area (Å²) in [6.07, 6.45) is 4.78. The molecule has 2 aliphatic rings. The summed E-state index contributed by atoms with van der Waals surface area (Å²) in [6, 6.07) is 10.6. The number of thiophene rings is 1. The lowest BCUT2D eigenvalue weighted by Gasteiger charge is -2.35. The van der Waals surface area contributed by atoms with E-state index >= 15 is 0 Å². The van der Waals surface area contributed by atoms with Crippen LogP contribution in [0, 0.1) is 5.92 Å². The predicted octanol–water partition coefficient (Wildman–Crippen LogP) is 5.56. The van der Waals surface area contributed by atoms with Crippen LogP contribution in [0.2, 0.25) is 0 Å². The first-order valence-corrected chi connectivity index (χ1v) is 14.1. The molecule has 2 aromatic carbocycles. The van der Waals surface area contributed by atoms with Crippen molar-refractivity contribution >= 4 is 43.3 Å². The quantitative estimate of drug-likeness (QED) is 0.382. The Morgan fingerprint density at radius 1 is 1.09 bits per heavy atom. The molecule has 0 saturated carbocycles. The summed E-state index contributed by atoms with van der Waals surface area (Å²) >= 11 is 5.41. The van der Waals surface area contributed by atoms with E-state index in [9.17, 15) is 4.79 Å². The average Bonchev–Trinajstić information content (AvgIpc) is 3.20. The highest BCUT2D eigenvalue weighted by Gasteiger charge is 2.27. The average molecular weight is 558 g/mol. The molecule has 5 nitrogen and oxygen atoms in total. The van der Waals surface area contributed by atoms with E-state index in [0.717, 1.165) is 61.4 Å². The van der Waals surface area contributed by atoms with Gasteiger partial charge in [0.15, 0.2) is 11.5 Å². The Labute approximate surface area is 220 Å². The van der Waals surface area contributed by atoms with Gasteiger partial charge in [0.05, 0.1) is 20.6 Å². The zero-order chi connectivity index (χ0) is 24.4. The highest BCUT2D eigenvalue weighted by molar-refractivity contribution is 9.10. The van der Waals surface area contributed by atoms with Crippen molar-refractivity contribution in [2.24, 2.45) is 5.92 Å². The second kappa shape index (κ2) is 10.9. The van der Waals surface area contributed by atoms with E-state index in [2.05, 4.69) is 49.3 Å². The minimum absolute atomic E-state index is 0.226. The molecule has 1 unspecified atom stereocenters. The Balaban J connectivity index is 1.19. The first-order valence-electron chi connectivity index (χ1n) is 12.4. The van der Waals surface area contributed by atoms with Gasteiger partial charge >= 0.3 is 0 Å². The molecule has 1 aromatic heterocycles. The zero-order valence-electron chi connectivity index (χ0n) is 20.5. The van der Waals surface area contributed by atoms with E-state index in [1.165, 1.54) is 34.1 Å². The summed E-state index contributed by atoms with van der Waals surface area (Å²) in [5, 5.41) is 3.70. The van der Waals surface area contributed by atoms with Gasteiger partial charge in [-0.15, -0.1) is 11.3 Å². The molecule has 35 heavy (non-hydrogen) atoms. The SMILES string of the molecule is COc1cc2c(cc1OC)CC(=O)N(CC1CCCN(CCc3csc4cc(Br)ccc34)C1)CC2. The second-order valence-corrected chi connectivity index (χ2v) is 11.5. The monoisotopic (exact) mass is 556 g/mol. The molecule has 0 N–H and O–H groups in total. The highest BCUT2D eigenvalue weighted by atomic mass is 79.9. The van der Waals surface area contributed by atoms with E-state index in [0.29, 0.717) is 18.1 Å². The first-order chi connectivity index (χ1) is 17.0. The molecule has 7 heteroatoms. The van der Waals surface area contributed by atoms with Crippen molar-refractivity contribution in [3.8, 4) is 11.5 Å². The maximum absolute atomic E-state index is 13.2. The molecule has 2 aliphatic heterocycles. The summed E-state index contributed by atoms with van der Waals surface area (Å²) in [5.74, 6) is 2.19. The lowest BCUT2D eigenvalue weighted by Crippen LogP contribution is -2.43. The number of nitrogens with zero attached hydrogens (tertiary/aromatic N) is 2. The van der Waals surface area contributed by atoms with Crippen LogP contribution in [0.3, 0.4) is 0 Å². The van der Waals surface area contributed by atoms with Crippen LogP contribution >= 0.6 is 27.3 Å². The molecule has 0 spiro atoms. The summed E-state index contributed by atoms with van der Waals surface area (Å²) in [7, 11) is 3.30. The molecule has 0 aliphatic carbocycles. The van der Waals surface area contributed by atoms with E-state index in [1.807, 2.05) is 23.5 Å². The third kappa shape index (κ3) is 5.52. The van der Waals surface area contributed by atoms with Crippen molar-refractivity contribution in [1.82, 2.24) is 9.80 Å². The van der Waals surface area contributed by atoms with Crippen LogP contribution < -0.4 is 9.47 Å². The summed E-state index contributed by atoms with van der Waals surface area (Å²) in [4.78, 5) is 17.8. The van der Waals surface area contributed by atoms with Crippen LogP contribution in [0.5, 0.6) is 11.5 Å².